The SMILES string of the molecule is Nc1cn(-c2ccc(Cl)cc2Cl)nc1-c1cnccn1. The molecule has 0 amide bonds. The predicted octanol–water partition coefficient (Wildman–Crippen LogP) is 3.22. The van der Waals surface area contributed by atoms with Crippen LogP contribution in [0, 0.1) is 0 Å². The largest absolute Gasteiger partial charge is 0.396 e. The molecule has 0 bridgehead atoms. The number of hydrogen-bond acceptors (Lipinski definition) is 4. The third kappa shape index (κ3) is 2.33. The average molecular weight is 306 g/mol. The van der Waals surface area contributed by atoms with Crippen LogP contribution >= 0.6 is 23.2 Å². The lowest BCUT2D eigenvalue weighted by atomic mass is 10.3. The molecule has 1 aromatic carbocycles. The molecule has 7 heteroatoms. The molecule has 20 heavy (non-hydrogen) atoms. The maximum absolute atomic E-state index is 6.16. The monoisotopic (exact) mass is 305 g/mol. The van der Waals surface area contributed by atoms with E-state index in [1.165, 1.54) is 0 Å². The molecule has 2 heterocycles. The van der Waals surface area contributed by atoms with E-state index in [0.29, 0.717) is 32.8 Å². The highest BCUT2D eigenvalue weighted by molar-refractivity contribution is 6.35. The molecular formula is C13H9Cl2N5. The van der Waals surface area contributed by atoms with Crippen molar-refractivity contribution in [1.82, 2.24) is 19.7 Å². The van der Waals surface area contributed by atoms with Crippen LogP contribution in [-0.2, 0) is 0 Å². The van der Waals surface area contributed by atoms with Crippen LogP contribution < -0.4 is 5.73 Å². The molecular weight excluding hydrogens is 297 g/mol. The van der Waals surface area contributed by atoms with Crippen molar-refractivity contribution in [3.63, 3.8) is 0 Å². The molecule has 0 saturated carbocycles. The average Bonchev–Trinajstić information content (AvgIpc) is 2.81. The minimum absolute atomic E-state index is 0.491. The van der Waals surface area contributed by atoms with Gasteiger partial charge in [-0.25, -0.2) is 4.68 Å². The summed E-state index contributed by atoms with van der Waals surface area (Å²) >= 11 is 12.0. The van der Waals surface area contributed by atoms with Crippen LogP contribution in [0.2, 0.25) is 10.0 Å². The van der Waals surface area contributed by atoms with Gasteiger partial charge in [-0.05, 0) is 18.2 Å². The number of halogens is 2. The first-order valence-electron chi connectivity index (χ1n) is 5.72. The molecule has 5 nitrogen and oxygen atoms in total. The molecule has 0 spiro atoms. The fourth-order valence-electron chi connectivity index (χ4n) is 1.80. The summed E-state index contributed by atoms with van der Waals surface area (Å²) in [6.07, 6.45) is 6.46. The van der Waals surface area contributed by atoms with Crippen LogP contribution in [0.25, 0.3) is 17.1 Å². The smallest absolute Gasteiger partial charge is 0.136 e. The number of rotatable bonds is 2. The van der Waals surface area contributed by atoms with Crippen molar-refractivity contribution in [3.8, 4) is 17.1 Å². The van der Waals surface area contributed by atoms with Gasteiger partial charge in [-0.1, -0.05) is 23.2 Å². The van der Waals surface area contributed by atoms with Crippen molar-refractivity contribution in [2.75, 3.05) is 5.73 Å². The van der Waals surface area contributed by atoms with Crippen molar-refractivity contribution >= 4 is 28.9 Å². The van der Waals surface area contributed by atoms with E-state index in [1.54, 1.807) is 47.7 Å². The topological polar surface area (TPSA) is 69.6 Å². The molecule has 0 aliphatic heterocycles. The second-order valence-electron chi connectivity index (χ2n) is 4.06. The Labute approximate surface area is 125 Å². The first-order valence-corrected chi connectivity index (χ1v) is 6.47. The summed E-state index contributed by atoms with van der Waals surface area (Å²) in [5.41, 5.74) is 8.32. The highest BCUT2D eigenvalue weighted by atomic mass is 35.5. The van der Waals surface area contributed by atoms with Crippen LogP contribution in [0.3, 0.4) is 0 Å². The van der Waals surface area contributed by atoms with Gasteiger partial charge < -0.3 is 5.73 Å². The first kappa shape index (κ1) is 12.9. The van der Waals surface area contributed by atoms with Gasteiger partial charge in [-0.2, -0.15) is 5.10 Å². The highest BCUT2D eigenvalue weighted by Crippen LogP contribution is 2.27. The summed E-state index contributed by atoms with van der Waals surface area (Å²) in [4.78, 5) is 8.18. The Kier molecular flexibility index (Phi) is 3.30. The molecule has 0 saturated heterocycles. The lowest BCUT2D eigenvalue weighted by Gasteiger charge is -2.04. The first-order chi connectivity index (χ1) is 9.65. The standard InChI is InChI=1S/C13H9Cl2N5/c14-8-1-2-12(9(15)5-8)20-7-10(16)13(19-20)11-6-17-3-4-18-11/h1-7H,16H2. The number of benzene rings is 1. The maximum Gasteiger partial charge on any atom is 0.136 e. The maximum atomic E-state index is 6.16. The molecule has 2 N–H and O–H groups in total. The van der Waals surface area contributed by atoms with Gasteiger partial charge in [-0.15, -0.1) is 0 Å². The minimum atomic E-state index is 0.491. The molecule has 0 unspecified atom stereocenters. The lowest BCUT2D eigenvalue weighted by molar-refractivity contribution is 0.882. The van der Waals surface area contributed by atoms with Crippen LogP contribution in [0.1, 0.15) is 0 Å². The normalized spacial score (nSPS) is 10.7. The number of hydrogen-bond donors (Lipinski definition) is 1. The van der Waals surface area contributed by atoms with E-state index in [4.69, 9.17) is 28.9 Å². The minimum Gasteiger partial charge on any atom is -0.396 e. The van der Waals surface area contributed by atoms with Gasteiger partial charge >= 0.3 is 0 Å². The zero-order valence-corrected chi connectivity index (χ0v) is 11.7. The van der Waals surface area contributed by atoms with Gasteiger partial charge in [0.15, 0.2) is 0 Å². The summed E-state index contributed by atoms with van der Waals surface area (Å²) in [5, 5.41) is 5.46. The zero-order chi connectivity index (χ0) is 14.1. The fourth-order valence-corrected chi connectivity index (χ4v) is 2.29. The van der Waals surface area contributed by atoms with E-state index >= 15 is 0 Å². The Morgan fingerprint density at radius 3 is 2.70 bits per heavy atom. The number of nitrogens with zero attached hydrogens (tertiary/aromatic N) is 4. The van der Waals surface area contributed by atoms with E-state index < -0.39 is 0 Å². The van der Waals surface area contributed by atoms with Crippen molar-refractivity contribution in [1.29, 1.82) is 0 Å². The summed E-state index contributed by atoms with van der Waals surface area (Å²) in [6, 6.07) is 5.17. The highest BCUT2D eigenvalue weighted by Gasteiger charge is 2.12. The van der Waals surface area contributed by atoms with Crippen molar-refractivity contribution in [3.05, 3.63) is 53.0 Å². The Bertz CT molecular complexity index is 755. The van der Waals surface area contributed by atoms with Gasteiger partial charge in [0.25, 0.3) is 0 Å². The van der Waals surface area contributed by atoms with Crippen molar-refractivity contribution in [2.45, 2.75) is 0 Å². The van der Waals surface area contributed by atoms with Gasteiger partial charge in [0, 0.05) is 17.4 Å². The summed E-state index contributed by atoms with van der Waals surface area (Å²) in [7, 11) is 0. The van der Waals surface area contributed by atoms with E-state index in [1.807, 2.05) is 0 Å². The predicted molar refractivity (Wildman–Crippen MR) is 79.0 cm³/mol. The number of anilines is 1. The zero-order valence-electron chi connectivity index (χ0n) is 10.2. The Morgan fingerprint density at radius 2 is 2.00 bits per heavy atom. The van der Waals surface area contributed by atoms with Crippen LogP contribution in [-0.4, -0.2) is 19.7 Å². The third-order valence-corrected chi connectivity index (χ3v) is 3.24. The number of nitrogen functional groups attached to an aromatic ring is 1. The van der Waals surface area contributed by atoms with Gasteiger partial charge in [0.1, 0.15) is 11.4 Å². The summed E-state index contributed by atoms with van der Waals surface area (Å²) in [5.74, 6) is 0. The molecule has 0 fully saturated rings. The van der Waals surface area contributed by atoms with E-state index in [9.17, 15) is 0 Å². The molecule has 0 aliphatic carbocycles. The Morgan fingerprint density at radius 1 is 1.15 bits per heavy atom. The van der Waals surface area contributed by atoms with E-state index in [0.717, 1.165) is 0 Å². The van der Waals surface area contributed by atoms with Crippen LogP contribution in [0.15, 0.2) is 43.0 Å². The van der Waals surface area contributed by atoms with Gasteiger partial charge in [-0.3, -0.25) is 9.97 Å². The molecule has 3 rings (SSSR count). The van der Waals surface area contributed by atoms with Crippen molar-refractivity contribution < 1.29 is 0 Å². The van der Waals surface area contributed by atoms with E-state index in [2.05, 4.69) is 15.1 Å². The summed E-state index contributed by atoms with van der Waals surface area (Å²) < 4.78 is 1.60. The number of nitrogens with two attached hydrogens (primary N) is 1. The summed E-state index contributed by atoms with van der Waals surface area (Å²) in [6.45, 7) is 0. The second-order valence-corrected chi connectivity index (χ2v) is 4.91. The van der Waals surface area contributed by atoms with Crippen LogP contribution in [0.5, 0.6) is 0 Å². The lowest BCUT2D eigenvalue weighted by Crippen LogP contribution is -1.96. The molecule has 2 aromatic heterocycles. The van der Waals surface area contributed by atoms with E-state index in [-0.39, 0.29) is 0 Å². The van der Waals surface area contributed by atoms with Crippen LogP contribution in [0.4, 0.5) is 5.69 Å². The fraction of sp³-hybridized carbons (Fsp3) is 0. The van der Waals surface area contributed by atoms with Crippen molar-refractivity contribution in [2.24, 2.45) is 0 Å². The molecule has 100 valence electrons. The Hall–Kier alpha value is -2.11. The molecule has 3 aromatic rings. The molecule has 0 radical (unpaired) electrons. The third-order valence-electron chi connectivity index (χ3n) is 2.70. The van der Waals surface area contributed by atoms with Gasteiger partial charge in [0.2, 0.25) is 0 Å². The number of aromatic nitrogens is 4. The Balaban J connectivity index is 2.09. The molecule has 0 atom stereocenters. The quantitative estimate of drug-likeness (QED) is 0.789. The molecule has 0 aliphatic rings. The second kappa shape index (κ2) is 5.11. The van der Waals surface area contributed by atoms with Gasteiger partial charge in [0.05, 0.1) is 28.8 Å².